The van der Waals surface area contributed by atoms with Crippen LogP contribution >= 0.6 is 11.8 Å². The quantitative estimate of drug-likeness (QED) is 0.526. The van der Waals surface area contributed by atoms with Crippen LogP contribution in [0.4, 0.5) is 0 Å². The number of hydrogen-bond donors (Lipinski definition) is 1. The molecule has 0 aliphatic heterocycles. The third-order valence-corrected chi connectivity index (χ3v) is 3.28. The van der Waals surface area contributed by atoms with Gasteiger partial charge in [0, 0.05) is 10.5 Å². The molecule has 1 N–H and O–H groups in total. The summed E-state index contributed by atoms with van der Waals surface area (Å²) < 4.78 is 0. The van der Waals surface area contributed by atoms with Gasteiger partial charge in [-0.3, -0.25) is 4.79 Å². The Bertz CT molecular complexity index is 564. The van der Waals surface area contributed by atoms with Crippen LogP contribution in [0, 0.1) is 0 Å². The molecule has 0 aliphatic rings. The SMILES string of the molecule is CSc1ccc(/C=N/NC(=O)c2ccccc2)cc1. The fraction of sp³-hybridized carbons (Fsp3) is 0.0667. The van der Waals surface area contributed by atoms with Gasteiger partial charge in [0.15, 0.2) is 0 Å². The van der Waals surface area contributed by atoms with Crippen LogP contribution in [0.3, 0.4) is 0 Å². The summed E-state index contributed by atoms with van der Waals surface area (Å²) in [6, 6.07) is 17.0. The molecule has 3 nitrogen and oxygen atoms in total. The fourth-order valence-corrected chi connectivity index (χ4v) is 1.92. The number of nitrogens with one attached hydrogen (secondary N) is 1. The van der Waals surface area contributed by atoms with E-state index in [9.17, 15) is 4.79 Å². The Balaban J connectivity index is 1.94. The molecule has 0 fully saturated rings. The number of amides is 1. The lowest BCUT2D eigenvalue weighted by molar-refractivity contribution is 0.0955. The molecule has 0 saturated carbocycles. The predicted molar refractivity (Wildman–Crippen MR) is 79.7 cm³/mol. The summed E-state index contributed by atoms with van der Waals surface area (Å²) in [6.07, 6.45) is 3.66. The summed E-state index contributed by atoms with van der Waals surface area (Å²) in [4.78, 5) is 12.9. The Kier molecular flexibility index (Phi) is 4.75. The zero-order valence-electron chi connectivity index (χ0n) is 10.5. The maximum atomic E-state index is 11.7. The average Bonchev–Trinajstić information content (AvgIpc) is 2.49. The van der Waals surface area contributed by atoms with Crippen LogP contribution in [0.2, 0.25) is 0 Å². The second-order valence-corrected chi connectivity index (χ2v) is 4.72. The molecule has 1 amide bonds. The minimum absolute atomic E-state index is 0.211. The van der Waals surface area contributed by atoms with E-state index in [2.05, 4.69) is 10.5 Å². The molecule has 4 heteroatoms. The Morgan fingerprint density at radius 1 is 1.11 bits per heavy atom. The molecule has 19 heavy (non-hydrogen) atoms. The Morgan fingerprint density at radius 3 is 2.42 bits per heavy atom. The zero-order valence-corrected chi connectivity index (χ0v) is 11.4. The Morgan fingerprint density at radius 2 is 1.79 bits per heavy atom. The highest BCUT2D eigenvalue weighted by Gasteiger charge is 2.01. The van der Waals surface area contributed by atoms with Crippen molar-refractivity contribution < 1.29 is 4.79 Å². The molecule has 0 saturated heterocycles. The molecule has 0 bridgehead atoms. The van der Waals surface area contributed by atoms with Crippen molar-refractivity contribution in [3.05, 3.63) is 65.7 Å². The molecule has 0 radical (unpaired) electrons. The number of rotatable bonds is 4. The smallest absolute Gasteiger partial charge is 0.267 e. The van der Waals surface area contributed by atoms with Gasteiger partial charge in [-0.15, -0.1) is 11.8 Å². The number of carbonyl (C=O) groups excluding carboxylic acids is 1. The van der Waals surface area contributed by atoms with E-state index in [0.29, 0.717) is 5.56 Å². The van der Waals surface area contributed by atoms with Crippen molar-refractivity contribution in [2.45, 2.75) is 4.90 Å². The topological polar surface area (TPSA) is 41.5 Å². The van der Waals surface area contributed by atoms with Gasteiger partial charge < -0.3 is 0 Å². The van der Waals surface area contributed by atoms with E-state index in [0.717, 1.165) is 5.56 Å². The van der Waals surface area contributed by atoms with Gasteiger partial charge in [0.25, 0.3) is 5.91 Å². The van der Waals surface area contributed by atoms with E-state index in [-0.39, 0.29) is 5.91 Å². The first kappa shape index (κ1) is 13.4. The highest BCUT2D eigenvalue weighted by atomic mass is 32.2. The molecule has 0 spiro atoms. The van der Waals surface area contributed by atoms with Gasteiger partial charge in [0.1, 0.15) is 0 Å². The summed E-state index contributed by atoms with van der Waals surface area (Å²) in [5.74, 6) is -0.211. The van der Waals surface area contributed by atoms with E-state index < -0.39 is 0 Å². The Hall–Kier alpha value is -2.07. The third-order valence-electron chi connectivity index (χ3n) is 2.53. The first-order valence-corrected chi connectivity index (χ1v) is 7.04. The normalized spacial score (nSPS) is 10.6. The van der Waals surface area contributed by atoms with E-state index in [4.69, 9.17) is 0 Å². The molecule has 0 heterocycles. The molecular formula is C15H14N2OS. The lowest BCUT2D eigenvalue weighted by Gasteiger charge is -1.99. The van der Waals surface area contributed by atoms with E-state index in [1.165, 1.54) is 4.90 Å². The predicted octanol–water partition coefficient (Wildman–Crippen LogP) is 3.17. The maximum absolute atomic E-state index is 11.7. The molecule has 2 aromatic carbocycles. The van der Waals surface area contributed by atoms with Gasteiger partial charge in [-0.1, -0.05) is 30.3 Å². The second kappa shape index (κ2) is 6.75. The third kappa shape index (κ3) is 3.96. The van der Waals surface area contributed by atoms with Gasteiger partial charge in [-0.2, -0.15) is 5.10 Å². The summed E-state index contributed by atoms with van der Waals surface area (Å²) in [5.41, 5.74) is 4.05. The maximum Gasteiger partial charge on any atom is 0.271 e. The van der Waals surface area contributed by atoms with Crippen LogP contribution in [-0.2, 0) is 0 Å². The first-order valence-electron chi connectivity index (χ1n) is 5.82. The van der Waals surface area contributed by atoms with Crippen LogP contribution in [0.25, 0.3) is 0 Å². The van der Waals surface area contributed by atoms with Gasteiger partial charge >= 0.3 is 0 Å². The summed E-state index contributed by atoms with van der Waals surface area (Å²) in [6.45, 7) is 0. The minimum atomic E-state index is -0.211. The Labute approximate surface area is 116 Å². The molecule has 96 valence electrons. The number of nitrogens with zero attached hydrogens (tertiary/aromatic N) is 1. The van der Waals surface area contributed by atoms with Crippen molar-refractivity contribution >= 4 is 23.9 Å². The van der Waals surface area contributed by atoms with Crippen LogP contribution in [0.1, 0.15) is 15.9 Å². The largest absolute Gasteiger partial charge is 0.271 e. The number of thioether (sulfide) groups is 1. The molecule has 2 aromatic rings. The van der Waals surface area contributed by atoms with Crippen molar-refractivity contribution in [3.8, 4) is 0 Å². The lowest BCUT2D eigenvalue weighted by atomic mass is 10.2. The minimum Gasteiger partial charge on any atom is -0.267 e. The van der Waals surface area contributed by atoms with E-state index in [1.54, 1.807) is 30.1 Å². The fourth-order valence-electron chi connectivity index (χ4n) is 1.51. The lowest BCUT2D eigenvalue weighted by Crippen LogP contribution is -2.17. The van der Waals surface area contributed by atoms with Crippen LogP contribution in [0.5, 0.6) is 0 Å². The molecule has 0 aliphatic carbocycles. The van der Waals surface area contributed by atoms with Crippen molar-refractivity contribution in [1.82, 2.24) is 5.43 Å². The van der Waals surface area contributed by atoms with Gasteiger partial charge in [-0.05, 0) is 36.1 Å². The van der Waals surface area contributed by atoms with Crippen LogP contribution < -0.4 is 5.43 Å². The van der Waals surface area contributed by atoms with Crippen molar-refractivity contribution in [3.63, 3.8) is 0 Å². The van der Waals surface area contributed by atoms with Gasteiger partial charge in [-0.25, -0.2) is 5.43 Å². The van der Waals surface area contributed by atoms with Gasteiger partial charge in [0.05, 0.1) is 6.21 Å². The number of benzene rings is 2. The molecule has 0 unspecified atom stereocenters. The summed E-state index contributed by atoms with van der Waals surface area (Å²) in [5, 5.41) is 3.94. The number of hydrogen-bond acceptors (Lipinski definition) is 3. The van der Waals surface area contributed by atoms with Crippen LogP contribution in [-0.4, -0.2) is 18.4 Å². The monoisotopic (exact) mass is 270 g/mol. The summed E-state index contributed by atoms with van der Waals surface area (Å²) >= 11 is 1.69. The molecule has 0 aromatic heterocycles. The second-order valence-electron chi connectivity index (χ2n) is 3.84. The highest BCUT2D eigenvalue weighted by molar-refractivity contribution is 7.98. The average molecular weight is 270 g/mol. The van der Waals surface area contributed by atoms with E-state index in [1.807, 2.05) is 48.7 Å². The molecular weight excluding hydrogens is 256 g/mol. The molecule has 0 atom stereocenters. The highest BCUT2D eigenvalue weighted by Crippen LogP contribution is 2.13. The van der Waals surface area contributed by atoms with E-state index >= 15 is 0 Å². The first-order chi connectivity index (χ1) is 9.29. The number of carbonyl (C=O) groups is 1. The van der Waals surface area contributed by atoms with Crippen molar-refractivity contribution in [2.24, 2.45) is 5.10 Å². The zero-order chi connectivity index (χ0) is 13.5. The van der Waals surface area contributed by atoms with Crippen molar-refractivity contribution in [2.75, 3.05) is 6.26 Å². The standard InChI is InChI=1S/C15H14N2OS/c1-19-14-9-7-12(8-10-14)11-16-17-15(18)13-5-3-2-4-6-13/h2-11H,1H3,(H,17,18)/b16-11+. The van der Waals surface area contributed by atoms with Crippen LogP contribution in [0.15, 0.2) is 64.6 Å². The summed E-state index contributed by atoms with van der Waals surface area (Å²) in [7, 11) is 0. The molecule has 2 rings (SSSR count). The van der Waals surface area contributed by atoms with Crippen molar-refractivity contribution in [1.29, 1.82) is 0 Å². The number of hydrazone groups is 1. The van der Waals surface area contributed by atoms with Gasteiger partial charge in [0.2, 0.25) is 0 Å².